The van der Waals surface area contributed by atoms with Crippen molar-refractivity contribution >= 4 is 22.3 Å². The topological polar surface area (TPSA) is 68.8 Å². The van der Waals surface area contributed by atoms with Crippen molar-refractivity contribution in [3.05, 3.63) is 49.2 Å². The molecule has 3 rings (SSSR count). The summed E-state index contributed by atoms with van der Waals surface area (Å²) < 4.78 is 2.07. The normalized spacial score (nSPS) is 10.8. The predicted molar refractivity (Wildman–Crippen MR) is 81.5 cm³/mol. The summed E-state index contributed by atoms with van der Waals surface area (Å²) in [6, 6.07) is 7.81. The zero-order chi connectivity index (χ0) is 13.8. The van der Waals surface area contributed by atoms with Crippen LogP contribution in [0.15, 0.2) is 49.2 Å². The van der Waals surface area contributed by atoms with E-state index in [0.717, 1.165) is 41.8 Å². The Morgan fingerprint density at radius 3 is 3.00 bits per heavy atom. The van der Waals surface area contributed by atoms with E-state index < -0.39 is 0 Å². The number of benzene rings is 1. The summed E-state index contributed by atoms with van der Waals surface area (Å²) in [6.07, 6.45) is 8.42. The van der Waals surface area contributed by atoms with Crippen LogP contribution in [-0.4, -0.2) is 21.1 Å². The predicted octanol–water partition coefficient (Wildman–Crippen LogP) is 2.52. The van der Waals surface area contributed by atoms with E-state index >= 15 is 0 Å². The molecule has 3 N–H and O–H groups in total. The molecule has 2 heterocycles. The number of fused-ring (bicyclic) bond motifs is 1. The fraction of sp³-hybridized carbons (Fsp3) is 0.200. The average molecular weight is 267 g/mol. The number of hydrogen-bond donors (Lipinski definition) is 2. The minimum atomic E-state index is 0.761. The van der Waals surface area contributed by atoms with Gasteiger partial charge in [0.2, 0.25) is 0 Å². The number of nitrogens with one attached hydrogen (secondary N) is 1. The van der Waals surface area contributed by atoms with Gasteiger partial charge >= 0.3 is 0 Å². The van der Waals surface area contributed by atoms with Crippen LogP contribution in [-0.2, 0) is 6.54 Å². The van der Waals surface area contributed by atoms with E-state index in [2.05, 4.69) is 19.9 Å². The largest absolute Gasteiger partial charge is 0.398 e. The Kier molecular flexibility index (Phi) is 3.50. The van der Waals surface area contributed by atoms with Crippen LogP contribution in [0.2, 0.25) is 0 Å². The molecule has 0 atom stereocenters. The SMILES string of the molecule is Nc1ccc(NCCCn2ccnc2)c2ncccc12. The number of nitrogen functional groups attached to an aromatic ring is 1. The quantitative estimate of drug-likeness (QED) is 0.550. The molecular weight excluding hydrogens is 250 g/mol. The molecular formula is C15H17N5. The number of imidazole rings is 1. The smallest absolute Gasteiger partial charge is 0.0953 e. The first-order valence-electron chi connectivity index (χ1n) is 6.67. The van der Waals surface area contributed by atoms with Gasteiger partial charge in [0, 0.05) is 42.8 Å². The van der Waals surface area contributed by atoms with Gasteiger partial charge in [0.1, 0.15) is 0 Å². The van der Waals surface area contributed by atoms with Gasteiger partial charge < -0.3 is 15.6 Å². The van der Waals surface area contributed by atoms with Gasteiger partial charge in [-0.05, 0) is 30.7 Å². The van der Waals surface area contributed by atoms with Gasteiger partial charge in [0.25, 0.3) is 0 Å². The third-order valence-corrected chi connectivity index (χ3v) is 3.27. The lowest BCUT2D eigenvalue weighted by molar-refractivity contribution is 0.661. The lowest BCUT2D eigenvalue weighted by Gasteiger charge is -2.10. The lowest BCUT2D eigenvalue weighted by Crippen LogP contribution is -2.06. The maximum Gasteiger partial charge on any atom is 0.0953 e. The van der Waals surface area contributed by atoms with Crippen LogP contribution in [0, 0.1) is 0 Å². The molecule has 20 heavy (non-hydrogen) atoms. The fourth-order valence-corrected chi connectivity index (χ4v) is 2.24. The molecule has 5 nitrogen and oxygen atoms in total. The summed E-state index contributed by atoms with van der Waals surface area (Å²) in [5.74, 6) is 0. The standard InChI is InChI=1S/C15H17N5/c16-13-4-5-14(15-12(13)3-1-6-19-15)18-7-2-9-20-10-8-17-11-20/h1,3-6,8,10-11,18H,2,7,9,16H2. The highest BCUT2D eigenvalue weighted by atomic mass is 15.0. The maximum absolute atomic E-state index is 5.97. The van der Waals surface area contributed by atoms with Crippen molar-refractivity contribution in [2.75, 3.05) is 17.6 Å². The van der Waals surface area contributed by atoms with Crippen molar-refractivity contribution in [2.24, 2.45) is 0 Å². The Balaban J connectivity index is 1.67. The van der Waals surface area contributed by atoms with E-state index in [1.54, 1.807) is 12.4 Å². The number of nitrogens with zero attached hydrogens (tertiary/aromatic N) is 3. The van der Waals surface area contributed by atoms with Crippen molar-refractivity contribution in [3.8, 4) is 0 Å². The molecule has 0 saturated carbocycles. The Morgan fingerprint density at radius 2 is 2.15 bits per heavy atom. The van der Waals surface area contributed by atoms with Crippen molar-refractivity contribution in [1.29, 1.82) is 0 Å². The number of aryl methyl sites for hydroxylation is 1. The third kappa shape index (κ3) is 2.56. The van der Waals surface area contributed by atoms with E-state index in [0.29, 0.717) is 0 Å². The molecule has 0 fully saturated rings. The highest BCUT2D eigenvalue weighted by Gasteiger charge is 2.04. The molecule has 102 valence electrons. The monoisotopic (exact) mass is 267 g/mol. The second kappa shape index (κ2) is 5.61. The Hall–Kier alpha value is -2.56. The van der Waals surface area contributed by atoms with Crippen LogP contribution in [0.25, 0.3) is 10.9 Å². The molecule has 3 aromatic rings. The lowest BCUT2D eigenvalue weighted by atomic mass is 10.1. The number of nitrogens with two attached hydrogens (primary N) is 1. The first-order valence-corrected chi connectivity index (χ1v) is 6.67. The van der Waals surface area contributed by atoms with E-state index in [4.69, 9.17) is 5.73 Å². The van der Waals surface area contributed by atoms with E-state index in [9.17, 15) is 0 Å². The summed E-state index contributed by atoms with van der Waals surface area (Å²) in [7, 11) is 0. The zero-order valence-electron chi connectivity index (χ0n) is 11.2. The molecule has 2 aromatic heterocycles. The molecule has 0 bridgehead atoms. The molecule has 0 saturated heterocycles. The molecule has 0 aliphatic rings. The molecule has 0 spiro atoms. The second-order valence-electron chi connectivity index (χ2n) is 4.68. The molecule has 0 unspecified atom stereocenters. The molecule has 1 aromatic carbocycles. The van der Waals surface area contributed by atoms with Crippen molar-refractivity contribution in [2.45, 2.75) is 13.0 Å². The number of rotatable bonds is 5. The van der Waals surface area contributed by atoms with Crippen LogP contribution >= 0.6 is 0 Å². The van der Waals surface area contributed by atoms with Crippen LogP contribution in [0.1, 0.15) is 6.42 Å². The number of hydrogen-bond acceptors (Lipinski definition) is 4. The summed E-state index contributed by atoms with van der Waals surface area (Å²) >= 11 is 0. The Labute approximate surface area is 117 Å². The summed E-state index contributed by atoms with van der Waals surface area (Å²) in [5.41, 5.74) is 8.68. The molecule has 5 heteroatoms. The van der Waals surface area contributed by atoms with Gasteiger partial charge in [0.05, 0.1) is 17.5 Å². The first kappa shape index (κ1) is 12.5. The Morgan fingerprint density at radius 1 is 1.20 bits per heavy atom. The van der Waals surface area contributed by atoms with Crippen LogP contribution in [0.5, 0.6) is 0 Å². The number of anilines is 2. The highest BCUT2D eigenvalue weighted by Crippen LogP contribution is 2.26. The fourth-order valence-electron chi connectivity index (χ4n) is 2.24. The van der Waals surface area contributed by atoms with Crippen molar-refractivity contribution in [3.63, 3.8) is 0 Å². The van der Waals surface area contributed by atoms with Gasteiger partial charge in [0.15, 0.2) is 0 Å². The van der Waals surface area contributed by atoms with Crippen molar-refractivity contribution < 1.29 is 0 Å². The van der Waals surface area contributed by atoms with Crippen molar-refractivity contribution in [1.82, 2.24) is 14.5 Å². The van der Waals surface area contributed by atoms with Crippen LogP contribution in [0.3, 0.4) is 0 Å². The highest BCUT2D eigenvalue weighted by molar-refractivity contribution is 5.98. The van der Waals surface area contributed by atoms with Gasteiger partial charge in [-0.2, -0.15) is 0 Å². The summed E-state index contributed by atoms with van der Waals surface area (Å²) in [6.45, 7) is 1.83. The second-order valence-corrected chi connectivity index (χ2v) is 4.68. The number of aromatic nitrogens is 3. The minimum absolute atomic E-state index is 0.761. The van der Waals surface area contributed by atoms with E-state index in [-0.39, 0.29) is 0 Å². The zero-order valence-corrected chi connectivity index (χ0v) is 11.2. The average Bonchev–Trinajstić information content (AvgIpc) is 2.99. The maximum atomic E-state index is 5.97. The summed E-state index contributed by atoms with van der Waals surface area (Å²) in [5, 5.41) is 4.42. The van der Waals surface area contributed by atoms with Gasteiger partial charge in [-0.15, -0.1) is 0 Å². The molecule has 0 aliphatic carbocycles. The first-order chi connectivity index (χ1) is 9.84. The third-order valence-electron chi connectivity index (χ3n) is 3.27. The van der Waals surface area contributed by atoms with Crippen LogP contribution < -0.4 is 11.1 Å². The Bertz CT molecular complexity index is 691. The molecule has 0 amide bonds. The minimum Gasteiger partial charge on any atom is -0.398 e. The summed E-state index contributed by atoms with van der Waals surface area (Å²) in [4.78, 5) is 8.44. The van der Waals surface area contributed by atoms with E-state index in [1.165, 1.54) is 0 Å². The van der Waals surface area contributed by atoms with Crippen LogP contribution in [0.4, 0.5) is 11.4 Å². The molecule has 0 radical (unpaired) electrons. The number of pyridine rings is 1. The molecule has 0 aliphatic heterocycles. The van der Waals surface area contributed by atoms with Gasteiger partial charge in [-0.25, -0.2) is 4.98 Å². The van der Waals surface area contributed by atoms with Gasteiger partial charge in [-0.1, -0.05) is 0 Å². The van der Waals surface area contributed by atoms with Gasteiger partial charge in [-0.3, -0.25) is 4.98 Å². The van der Waals surface area contributed by atoms with E-state index in [1.807, 2.05) is 36.8 Å².